The molecule has 0 radical (unpaired) electrons. The van der Waals surface area contributed by atoms with Crippen LogP contribution in [0.2, 0.25) is 5.02 Å². The molecule has 0 fully saturated rings. The van der Waals surface area contributed by atoms with Crippen LogP contribution in [0.4, 0.5) is 0 Å². The number of hydrogen-bond donors (Lipinski definition) is 0. The van der Waals surface area contributed by atoms with E-state index in [0.717, 1.165) is 23.5 Å². The van der Waals surface area contributed by atoms with Gasteiger partial charge < -0.3 is 4.40 Å². The van der Waals surface area contributed by atoms with Gasteiger partial charge in [-0.3, -0.25) is 0 Å². The van der Waals surface area contributed by atoms with E-state index in [9.17, 15) is 0 Å². The molecule has 0 saturated heterocycles. The molecule has 2 heterocycles. The second-order valence-electron chi connectivity index (χ2n) is 4.88. The van der Waals surface area contributed by atoms with E-state index in [1.807, 2.05) is 22.7 Å². The van der Waals surface area contributed by atoms with Gasteiger partial charge in [0.2, 0.25) is 0 Å². The molecule has 20 heavy (non-hydrogen) atoms. The summed E-state index contributed by atoms with van der Waals surface area (Å²) < 4.78 is 1.97. The number of pyridine rings is 1. The van der Waals surface area contributed by atoms with Crippen molar-refractivity contribution < 1.29 is 0 Å². The van der Waals surface area contributed by atoms with E-state index in [1.165, 1.54) is 11.1 Å². The molecule has 0 amide bonds. The van der Waals surface area contributed by atoms with Crippen molar-refractivity contribution in [3.63, 3.8) is 0 Å². The van der Waals surface area contributed by atoms with Crippen LogP contribution in [0.3, 0.4) is 0 Å². The third-order valence-electron chi connectivity index (χ3n) is 3.34. The first kappa shape index (κ1) is 13.5. The van der Waals surface area contributed by atoms with Gasteiger partial charge >= 0.3 is 0 Å². The molecule has 3 rings (SSSR count). The highest BCUT2D eigenvalue weighted by molar-refractivity contribution is 6.30. The average molecular weight is 305 g/mol. The molecule has 0 spiro atoms. The van der Waals surface area contributed by atoms with Crippen LogP contribution in [-0.2, 0) is 12.3 Å². The zero-order valence-electron chi connectivity index (χ0n) is 11.1. The zero-order valence-corrected chi connectivity index (χ0v) is 12.6. The van der Waals surface area contributed by atoms with Gasteiger partial charge in [-0.1, -0.05) is 41.4 Å². The van der Waals surface area contributed by atoms with Crippen LogP contribution < -0.4 is 0 Å². The fraction of sp³-hybridized carbons (Fsp3) is 0.188. The molecule has 1 aromatic carbocycles. The second-order valence-corrected chi connectivity index (χ2v) is 5.58. The normalized spacial score (nSPS) is 11.2. The minimum atomic E-state index is 0.419. The largest absolute Gasteiger partial charge is 0.301 e. The minimum absolute atomic E-state index is 0.419. The Morgan fingerprint density at radius 3 is 2.80 bits per heavy atom. The van der Waals surface area contributed by atoms with Crippen molar-refractivity contribution in [2.45, 2.75) is 19.2 Å². The summed E-state index contributed by atoms with van der Waals surface area (Å²) in [6, 6.07) is 12.2. The van der Waals surface area contributed by atoms with E-state index in [-0.39, 0.29) is 0 Å². The van der Waals surface area contributed by atoms with E-state index in [1.54, 1.807) is 0 Å². The molecule has 0 atom stereocenters. The molecule has 0 bridgehead atoms. The number of aryl methyl sites for hydroxylation is 1. The van der Waals surface area contributed by atoms with E-state index < -0.39 is 0 Å². The predicted octanol–water partition coefficient (Wildman–Crippen LogP) is 4.63. The van der Waals surface area contributed by atoms with Gasteiger partial charge in [-0.05, 0) is 24.6 Å². The number of imidazole rings is 1. The summed E-state index contributed by atoms with van der Waals surface area (Å²) in [6.45, 7) is 2.09. The highest BCUT2D eigenvalue weighted by Gasteiger charge is 2.12. The molecule has 0 aliphatic rings. The van der Waals surface area contributed by atoms with Gasteiger partial charge in [0.25, 0.3) is 0 Å². The highest BCUT2D eigenvalue weighted by atomic mass is 35.5. The average Bonchev–Trinajstić information content (AvgIpc) is 2.75. The lowest BCUT2D eigenvalue weighted by molar-refractivity contribution is 1.03. The van der Waals surface area contributed by atoms with E-state index in [0.29, 0.717) is 10.9 Å². The second kappa shape index (κ2) is 5.47. The number of alkyl halides is 1. The third kappa shape index (κ3) is 2.54. The zero-order chi connectivity index (χ0) is 14.1. The minimum Gasteiger partial charge on any atom is -0.301 e. The van der Waals surface area contributed by atoms with Crippen LogP contribution in [0.15, 0.2) is 42.6 Å². The van der Waals surface area contributed by atoms with E-state index in [4.69, 9.17) is 23.2 Å². The molecule has 0 N–H and O–H groups in total. The molecule has 0 aliphatic carbocycles. The maximum atomic E-state index is 6.10. The lowest BCUT2D eigenvalue weighted by Crippen LogP contribution is -1.95. The monoisotopic (exact) mass is 304 g/mol. The van der Waals surface area contributed by atoms with Gasteiger partial charge in [0.05, 0.1) is 22.3 Å². The summed E-state index contributed by atoms with van der Waals surface area (Å²) in [5.74, 6) is 0.419. The quantitative estimate of drug-likeness (QED) is 0.645. The van der Waals surface area contributed by atoms with Crippen LogP contribution >= 0.6 is 23.2 Å². The highest BCUT2D eigenvalue weighted by Crippen LogP contribution is 2.21. The van der Waals surface area contributed by atoms with Crippen molar-refractivity contribution in [2.24, 2.45) is 0 Å². The van der Waals surface area contributed by atoms with Crippen LogP contribution in [-0.4, -0.2) is 9.38 Å². The van der Waals surface area contributed by atoms with E-state index in [2.05, 4.69) is 36.2 Å². The molecule has 0 unspecified atom stereocenters. The molecule has 3 aromatic rings. The van der Waals surface area contributed by atoms with Gasteiger partial charge in [-0.15, -0.1) is 11.6 Å². The van der Waals surface area contributed by atoms with Gasteiger partial charge in [0.1, 0.15) is 5.65 Å². The van der Waals surface area contributed by atoms with Crippen molar-refractivity contribution in [1.29, 1.82) is 0 Å². The Morgan fingerprint density at radius 1 is 1.20 bits per heavy atom. The molecule has 102 valence electrons. The SMILES string of the molecule is Cc1cccc(Cc2nc3ccc(Cl)cn3c2CCl)c1. The Morgan fingerprint density at radius 2 is 2.05 bits per heavy atom. The Labute approximate surface area is 128 Å². The fourth-order valence-electron chi connectivity index (χ4n) is 2.41. The molecular weight excluding hydrogens is 291 g/mol. The standard InChI is InChI=1S/C16H14Cl2N2/c1-11-3-2-4-12(7-11)8-14-15(9-17)20-10-13(18)5-6-16(20)19-14/h2-7,10H,8-9H2,1H3. The molecule has 2 aromatic heterocycles. The fourth-order valence-corrected chi connectivity index (χ4v) is 2.86. The van der Waals surface area contributed by atoms with Gasteiger partial charge in [-0.25, -0.2) is 4.98 Å². The number of nitrogens with zero attached hydrogens (tertiary/aromatic N) is 2. The van der Waals surface area contributed by atoms with Crippen LogP contribution in [0.1, 0.15) is 22.5 Å². The first-order valence-electron chi connectivity index (χ1n) is 6.44. The number of hydrogen-bond acceptors (Lipinski definition) is 1. The summed E-state index contributed by atoms with van der Waals surface area (Å²) in [7, 11) is 0. The lowest BCUT2D eigenvalue weighted by atomic mass is 10.1. The van der Waals surface area contributed by atoms with Crippen molar-refractivity contribution >= 4 is 28.8 Å². The molecule has 0 aliphatic heterocycles. The smallest absolute Gasteiger partial charge is 0.137 e. The van der Waals surface area contributed by atoms with Gasteiger partial charge in [-0.2, -0.15) is 0 Å². The number of aromatic nitrogens is 2. The topological polar surface area (TPSA) is 17.3 Å². The molecule has 4 heteroatoms. The first-order chi connectivity index (χ1) is 9.67. The molecule has 0 saturated carbocycles. The number of benzene rings is 1. The maximum Gasteiger partial charge on any atom is 0.137 e. The Kier molecular flexibility index (Phi) is 3.68. The number of rotatable bonds is 3. The predicted molar refractivity (Wildman–Crippen MR) is 83.7 cm³/mol. The van der Waals surface area contributed by atoms with E-state index >= 15 is 0 Å². The summed E-state index contributed by atoms with van der Waals surface area (Å²) in [5.41, 5.74) is 5.39. The van der Waals surface area contributed by atoms with Crippen molar-refractivity contribution in [1.82, 2.24) is 9.38 Å². The Bertz CT molecular complexity index is 762. The van der Waals surface area contributed by atoms with Crippen LogP contribution in [0.5, 0.6) is 0 Å². The molecular formula is C16H14Cl2N2. The number of fused-ring (bicyclic) bond motifs is 1. The van der Waals surface area contributed by atoms with Crippen molar-refractivity contribution in [3.8, 4) is 0 Å². The van der Waals surface area contributed by atoms with Crippen molar-refractivity contribution in [2.75, 3.05) is 0 Å². The van der Waals surface area contributed by atoms with Crippen molar-refractivity contribution in [3.05, 3.63) is 70.1 Å². The first-order valence-corrected chi connectivity index (χ1v) is 7.35. The van der Waals surface area contributed by atoms with Crippen LogP contribution in [0.25, 0.3) is 5.65 Å². The lowest BCUT2D eigenvalue weighted by Gasteiger charge is -2.03. The Hall–Kier alpha value is -1.51. The number of halogens is 2. The summed E-state index contributed by atoms with van der Waals surface area (Å²) in [6.07, 6.45) is 2.64. The third-order valence-corrected chi connectivity index (χ3v) is 3.82. The van der Waals surface area contributed by atoms with Gasteiger partial charge in [0.15, 0.2) is 0 Å². The molecule has 2 nitrogen and oxygen atoms in total. The summed E-state index contributed by atoms with van der Waals surface area (Å²) in [5, 5.41) is 0.684. The van der Waals surface area contributed by atoms with Gasteiger partial charge in [0, 0.05) is 12.6 Å². The Balaban J connectivity index is 2.07. The summed E-state index contributed by atoms with van der Waals surface area (Å²) in [4.78, 5) is 4.67. The van der Waals surface area contributed by atoms with Crippen LogP contribution in [0, 0.1) is 6.92 Å². The maximum absolute atomic E-state index is 6.10. The summed E-state index contributed by atoms with van der Waals surface area (Å²) >= 11 is 12.1.